The summed E-state index contributed by atoms with van der Waals surface area (Å²) < 4.78 is 38.5. The second-order valence-electron chi connectivity index (χ2n) is 5.84. The smallest absolute Gasteiger partial charge is 0.325 e. The summed E-state index contributed by atoms with van der Waals surface area (Å²) in [4.78, 5) is 23.8. The average molecular weight is 402 g/mol. The Balaban J connectivity index is 1.96. The van der Waals surface area contributed by atoms with Crippen molar-refractivity contribution < 1.29 is 22.9 Å². The summed E-state index contributed by atoms with van der Waals surface area (Å²) in [5.74, 6) is -0.505. The Labute approximate surface area is 157 Å². The van der Waals surface area contributed by atoms with Gasteiger partial charge in [-0.15, -0.1) is 0 Å². The van der Waals surface area contributed by atoms with Crippen LogP contribution in [0, 0.1) is 10.1 Å². The Hall–Kier alpha value is -2.65. The van der Waals surface area contributed by atoms with Crippen LogP contribution in [0.2, 0.25) is 5.02 Å². The SMILES string of the molecule is CN(CC(=O)Nc1ccc(Cl)c(C(F)(F)F)c1)Cc1ccc([N+](=O)[O-])cc1. The molecule has 6 nitrogen and oxygen atoms in total. The molecule has 0 radical (unpaired) electrons. The molecule has 0 aliphatic rings. The molecule has 2 aromatic rings. The molecule has 0 aliphatic carbocycles. The van der Waals surface area contributed by atoms with Crippen LogP contribution in [0.3, 0.4) is 0 Å². The van der Waals surface area contributed by atoms with E-state index >= 15 is 0 Å². The van der Waals surface area contributed by atoms with Crippen LogP contribution in [-0.2, 0) is 17.5 Å². The van der Waals surface area contributed by atoms with Gasteiger partial charge in [0, 0.05) is 24.4 Å². The molecule has 0 atom stereocenters. The van der Waals surface area contributed by atoms with Crippen LogP contribution in [0.5, 0.6) is 0 Å². The van der Waals surface area contributed by atoms with E-state index in [9.17, 15) is 28.1 Å². The zero-order valence-corrected chi connectivity index (χ0v) is 14.8. The maximum Gasteiger partial charge on any atom is 0.417 e. The monoisotopic (exact) mass is 401 g/mol. The van der Waals surface area contributed by atoms with Crippen LogP contribution in [0.25, 0.3) is 0 Å². The maximum atomic E-state index is 12.8. The fourth-order valence-corrected chi connectivity index (χ4v) is 2.58. The number of hydrogen-bond acceptors (Lipinski definition) is 4. The van der Waals surface area contributed by atoms with Crippen LogP contribution in [-0.4, -0.2) is 29.3 Å². The normalized spacial score (nSPS) is 11.5. The predicted molar refractivity (Wildman–Crippen MR) is 94.5 cm³/mol. The fraction of sp³-hybridized carbons (Fsp3) is 0.235. The number of nitrogens with zero attached hydrogens (tertiary/aromatic N) is 2. The van der Waals surface area contributed by atoms with Crippen LogP contribution in [0.15, 0.2) is 42.5 Å². The second-order valence-corrected chi connectivity index (χ2v) is 6.24. The minimum absolute atomic E-state index is 0.0135. The number of hydrogen-bond donors (Lipinski definition) is 1. The number of carbonyl (C=O) groups excluding carboxylic acids is 1. The highest BCUT2D eigenvalue weighted by Crippen LogP contribution is 2.36. The molecule has 0 bridgehead atoms. The third-order valence-corrected chi connectivity index (χ3v) is 3.90. The molecular weight excluding hydrogens is 387 g/mol. The highest BCUT2D eigenvalue weighted by molar-refractivity contribution is 6.31. The highest BCUT2D eigenvalue weighted by Gasteiger charge is 2.33. The molecule has 0 saturated carbocycles. The van der Waals surface area contributed by atoms with E-state index < -0.39 is 27.6 Å². The van der Waals surface area contributed by atoms with E-state index in [4.69, 9.17) is 11.6 Å². The zero-order chi connectivity index (χ0) is 20.2. The first-order valence-electron chi connectivity index (χ1n) is 7.64. The number of alkyl halides is 3. The summed E-state index contributed by atoms with van der Waals surface area (Å²) in [6.45, 7) is 0.251. The number of likely N-dealkylation sites (N-methyl/N-ethyl adjacent to an activating group) is 1. The number of rotatable bonds is 6. The van der Waals surface area contributed by atoms with E-state index in [-0.39, 0.29) is 17.9 Å². The Morgan fingerprint density at radius 2 is 1.85 bits per heavy atom. The number of amides is 1. The van der Waals surface area contributed by atoms with Gasteiger partial charge in [0.05, 0.1) is 22.1 Å². The van der Waals surface area contributed by atoms with Gasteiger partial charge in [-0.2, -0.15) is 13.2 Å². The molecule has 27 heavy (non-hydrogen) atoms. The number of non-ortho nitro benzene ring substituents is 1. The standard InChI is InChI=1S/C17H15ClF3N3O3/c1-23(9-11-2-5-13(6-3-11)24(26)27)10-16(25)22-12-4-7-15(18)14(8-12)17(19,20)21/h2-8H,9-10H2,1H3,(H,22,25). The van der Waals surface area contributed by atoms with Crippen molar-refractivity contribution in [3.05, 3.63) is 68.7 Å². The van der Waals surface area contributed by atoms with Gasteiger partial charge in [0.2, 0.25) is 5.91 Å². The third kappa shape index (κ3) is 5.93. The van der Waals surface area contributed by atoms with Gasteiger partial charge in [-0.1, -0.05) is 23.7 Å². The summed E-state index contributed by atoms with van der Waals surface area (Å²) in [6.07, 6.45) is -4.62. The lowest BCUT2D eigenvalue weighted by Crippen LogP contribution is -2.29. The molecular formula is C17H15ClF3N3O3. The van der Waals surface area contributed by atoms with Gasteiger partial charge in [0.1, 0.15) is 0 Å². The van der Waals surface area contributed by atoms with Crippen molar-refractivity contribution in [3.63, 3.8) is 0 Å². The molecule has 144 valence electrons. The third-order valence-electron chi connectivity index (χ3n) is 3.57. The summed E-state index contributed by atoms with van der Waals surface area (Å²) in [6, 6.07) is 8.98. The van der Waals surface area contributed by atoms with Crippen LogP contribution < -0.4 is 5.32 Å². The number of benzene rings is 2. The first-order valence-corrected chi connectivity index (χ1v) is 8.02. The molecule has 2 rings (SSSR count). The number of nitrogens with one attached hydrogen (secondary N) is 1. The van der Waals surface area contributed by atoms with Crippen LogP contribution in [0.1, 0.15) is 11.1 Å². The zero-order valence-electron chi connectivity index (χ0n) is 14.1. The minimum Gasteiger partial charge on any atom is -0.325 e. The first-order chi connectivity index (χ1) is 12.6. The van der Waals surface area contributed by atoms with Gasteiger partial charge in [-0.25, -0.2) is 0 Å². The lowest BCUT2D eigenvalue weighted by atomic mass is 10.2. The van der Waals surface area contributed by atoms with Crippen LogP contribution in [0.4, 0.5) is 24.5 Å². The van der Waals surface area contributed by atoms with Gasteiger partial charge < -0.3 is 5.32 Å². The molecule has 0 unspecified atom stereocenters. The van der Waals surface area contributed by atoms with E-state index in [1.54, 1.807) is 24.1 Å². The largest absolute Gasteiger partial charge is 0.417 e. The number of carbonyl (C=O) groups is 1. The molecule has 1 amide bonds. The van der Waals surface area contributed by atoms with Crippen molar-refractivity contribution in [2.75, 3.05) is 18.9 Å². The van der Waals surface area contributed by atoms with Crippen molar-refractivity contribution in [1.29, 1.82) is 0 Å². The summed E-state index contributed by atoms with van der Waals surface area (Å²) >= 11 is 5.54. The topological polar surface area (TPSA) is 75.5 Å². The summed E-state index contributed by atoms with van der Waals surface area (Å²) in [5, 5.41) is 12.6. The van der Waals surface area contributed by atoms with Crippen molar-refractivity contribution in [1.82, 2.24) is 4.90 Å². The maximum absolute atomic E-state index is 12.8. The van der Waals surface area contributed by atoms with Crippen molar-refractivity contribution in [2.24, 2.45) is 0 Å². The Morgan fingerprint density at radius 3 is 2.41 bits per heavy atom. The van der Waals surface area contributed by atoms with E-state index in [0.29, 0.717) is 6.54 Å². The first kappa shape index (κ1) is 20.7. The lowest BCUT2D eigenvalue weighted by Gasteiger charge is -2.17. The fourth-order valence-electron chi connectivity index (χ4n) is 2.36. The van der Waals surface area contributed by atoms with Gasteiger partial charge in [0.25, 0.3) is 5.69 Å². The number of nitro benzene ring substituents is 1. The van der Waals surface area contributed by atoms with Gasteiger partial charge in [-0.3, -0.25) is 19.8 Å². The summed E-state index contributed by atoms with van der Waals surface area (Å²) in [5.41, 5.74) is -0.328. The van der Waals surface area contributed by atoms with E-state index in [0.717, 1.165) is 17.7 Å². The van der Waals surface area contributed by atoms with Gasteiger partial charge >= 0.3 is 6.18 Å². The highest BCUT2D eigenvalue weighted by atomic mass is 35.5. The Bertz CT molecular complexity index is 842. The van der Waals surface area contributed by atoms with E-state index in [1.165, 1.54) is 18.2 Å². The molecule has 10 heteroatoms. The van der Waals surface area contributed by atoms with E-state index in [2.05, 4.69) is 5.32 Å². The Morgan fingerprint density at radius 1 is 1.22 bits per heavy atom. The summed E-state index contributed by atoms with van der Waals surface area (Å²) in [7, 11) is 1.64. The molecule has 0 heterocycles. The molecule has 0 fully saturated rings. The Kier molecular flexibility index (Phi) is 6.40. The lowest BCUT2D eigenvalue weighted by molar-refractivity contribution is -0.384. The molecule has 0 spiro atoms. The molecule has 0 aromatic heterocycles. The number of nitro groups is 1. The van der Waals surface area contributed by atoms with E-state index in [1.807, 2.05) is 0 Å². The molecule has 2 aromatic carbocycles. The van der Waals surface area contributed by atoms with Crippen molar-refractivity contribution in [2.45, 2.75) is 12.7 Å². The molecule has 0 saturated heterocycles. The van der Waals surface area contributed by atoms with Gasteiger partial charge in [-0.05, 0) is 30.8 Å². The second kappa shape index (κ2) is 8.36. The van der Waals surface area contributed by atoms with Gasteiger partial charge in [0.15, 0.2) is 0 Å². The van der Waals surface area contributed by atoms with Crippen LogP contribution >= 0.6 is 11.6 Å². The average Bonchev–Trinajstić information content (AvgIpc) is 2.55. The minimum atomic E-state index is -4.62. The quantitative estimate of drug-likeness (QED) is 0.577. The molecule has 0 aliphatic heterocycles. The molecule has 1 N–H and O–H groups in total. The number of anilines is 1. The van der Waals surface area contributed by atoms with Crippen molar-refractivity contribution >= 4 is 28.9 Å². The predicted octanol–water partition coefficient (Wildman–Crippen LogP) is 4.34. The number of halogens is 4. The van der Waals surface area contributed by atoms with Crippen molar-refractivity contribution in [3.8, 4) is 0 Å².